The van der Waals surface area contributed by atoms with E-state index in [1.54, 1.807) is 0 Å². The normalized spacial score (nSPS) is 42.2. The lowest BCUT2D eigenvalue weighted by Crippen LogP contribution is -2.31. The molecule has 0 atom stereocenters. The summed E-state index contributed by atoms with van der Waals surface area (Å²) in [7, 11) is 0. The van der Waals surface area contributed by atoms with Crippen LogP contribution in [0.25, 0.3) is 0 Å². The van der Waals surface area contributed by atoms with Crippen LogP contribution in [0.2, 0.25) is 0 Å². The predicted molar refractivity (Wildman–Crippen MR) is 133 cm³/mol. The summed E-state index contributed by atoms with van der Waals surface area (Å²) in [6.45, 7) is 7.43. The van der Waals surface area contributed by atoms with E-state index in [1.807, 2.05) is 0 Å². The van der Waals surface area contributed by atoms with Crippen LogP contribution in [0.5, 0.6) is 0 Å². The van der Waals surface area contributed by atoms with Crippen LogP contribution in [-0.4, -0.2) is 12.7 Å². The van der Waals surface area contributed by atoms with Gasteiger partial charge in [0.15, 0.2) is 0 Å². The molecule has 0 spiro atoms. The summed E-state index contributed by atoms with van der Waals surface area (Å²) in [5.41, 5.74) is 0. The van der Waals surface area contributed by atoms with Gasteiger partial charge in [-0.25, -0.2) is 0 Å². The molecule has 0 radical (unpaired) electrons. The Kier molecular flexibility index (Phi) is 9.42. The van der Waals surface area contributed by atoms with Crippen molar-refractivity contribution in [3.8, 4) is 0 Å². The molecule has 0 amide bonds. The topological polar surface area (TPSA) is 9.23 Å². The minimum Gasteiger partial charge on any atom is -0.378 e. The van der Waals surface area contributed by atoms with Crippen LogP contribution in [0, 0.1) is 41.4 Å². The first-order valence-electron chi connectivity index (χ1n) is 14.5. The van der Waals surface area contributed by atoms with Gasteiger partial charge in [-0.05, 0) is 131 Å². The monoisotopic (exact) mass is 428 g/mol. The van der Waals surface area contributed by atoms with Crippen LogP contribution < -0.4 is 0 Å². The third kappa shape index (κ3) is 6.84. The minimum atomic E-state index is 0.583. The summed E-state index contributed by atoms with van der Waals surface area (Å²) in [4.78, 5) is 0. The molecule has 4 aliphatic rings. The van der Waals surface area contributed by atoms with Crippen LogP contribution >= 0.6 is 0 Å². The largest absolute Gasteiger partial charge is 0.378 e. The van der Waals surface area contributed by atoms with E-state index in [1.165, 1.54) is 116 Å². The molecule has 0 heterocycles. The Morgan fingerprint density at radius 1 is 0.613 bits per heavy atom. The van der Waals surface area contributed by atoms with Crippen molar-refractivity contribution in [2.75, 3.05) is 6.61 Å². The van der Waals surface area contributed by atoms with Gasteiger partial charge in [0.05, 0.1) is 6.10 Å². The van der Waals surface area contributed by atoms with Crippen molar-refractivity contribution in [3.63, 3.8) is 0 Å². The lowest BCUT2D eigenvalue weighted by atomic mass is 9.69. The second-order valence-corrected chi connectivity index (χ2v) is 12.1. The number of allylic oxidation sites excluding steroid dienone is 1. The summed E-state index contributed by atoms with van der Waals surface area (Å²) >= 11 is 0. The molecule has 0 aromatic carbocycles. The van der Waals surface area contributed by atoms with Gasteiger partial charge in [0.2, 0.25) is 0 Å². The molecule has 4 fully saturated rings. The molecule has 4 rings (SSSR count). The van der Waals surface area contributed by atoms with E-state index in [0.29, 0.717) is 6.10 Å². The Labute approximate surface area is 194 Å². The molecule has 0 aromatic heterocycles. The van der Waals surface area contributed by atoms with Crippen LogP contribution in [0.1, 0.15) is 122 Å². The highest BCUT2D eigenvalue weighted by atomic mass is 16.5. The quantitative estimate of drug-likeness (QED) is 0.350. The maximum absolute atomic E-state index is 6.51. The SMILES string of the molecule is C=CC1CCC(C2CCC(COC3CCC(C4CCC(CCC)CC4)CC3)CC2)CC1. The van der Waals surface area contributed by atoms with Crippen LogP contribution in [0.4, 0.5) is 0 Å². The smallest absolute Gasteiger partial charge is 0.0575 e. The zero-order chi connectivity index (χ0) is 21.5. The van der Waals surface area contributed by atoms with Gasteiger partial charge in [0, 0.05) is 6.61 Å². The average Bonchev–Trinajstić information content (AvgIpc) is 2.84. The highest BCUT2D eigenvalue weighted by Gasteiger charge is 2.33. The molecule has 31 heavy (non-hydrogen) atoms. The maximum Gasteiger partial charge on any atom is 0.0575 e. The van der Waals surface area contributed by atoms with Crippen molar-refractivity contribution < 1.29 is 4.74 Å². The summed E-state index contributed by atoms with van der Waals surface area (Å²) < 4.78 is 6.51. The van der Waals surface area contributed by atoms with Crippen molar-refractivity contribution in [1.29, 1.82) is 0 Å². The van der Waals surface area contributed by atoms with E-state index in [4.69, 9.17) is 4.74 Å². The Morgan fingerprint density at radius 2 is 1.06 bits per heavy atom. The standard InChI is InChI=1S/C30H52O/c1-3-5-24-8-14-27(15-9-24)29-18-20-30(21-19-29)31-22-25-10-16-28(17-11-25)26-12-6-23(4-2)7-13-26/h4,23-30H,2-3,5-22H2,1H3. The van der Waals surface area contributed by atoms with Gasteiger partial charge < -0.3 is 4.74 Å². The van der Waals surface area contributed by atoms with E-state index in [2.05, 4.69) is 19.6 Å². The van der Waals surface area contributed by atoms with Crippen molar-refractivity contribution in [1.82, 2.24) is 0 Å². The third-order valence-electron chi connectivity index (χ3n) is 10.2. The van der Waals surface area contributed by atoms with E-state index in [9.17, 15) is 0 Å². The fraction of sp³-hybridized carbons (Fsp3) is 0.933. The van der Waals surface area contributed by atoms with Gasteiger partial charge in [-0.1, -0.05) is 38.7 Å². The van der Waals surface area contributed by atoms with Crippen LogP contribution in [-0.2, 0) is 4.74 Å². The summed E-state index contributed by atoms with van der Waals surface area (Å²) in [5.74, 6) is 6.83. The van der Waals surface area contributed by atoms with E-state index in [-0.39, 0.29) is 0 Å². The fourth-order valence-electron chi connectivity index (χ4n) is 8.03. The second-order valence-electron chi connectivity index (χ2n) is 12.1. The molecule has 0 bridgehead atoms. The lowest BCUT2D eigenvalue weighted by Gasteiger charge is -2.39. The van der Waals surface area contributed by atoms with Crippen molar-refractivity contribution in [3.05, 3.63) is 12.7 Å². The van der Waals surface area contributed by atoms with Gasteiger partial charge in [-0.2, -0.15) is 0 Å². The minimum absolute atomic E-state index is 0.583. The molecule has 4 aliphatic carbocycles. The highest BCUT2D eigenvalue weighted by Crippen LogP contribution is 2.43. The Balaban J connectivity index is 1.08. The molecule has 4 saturated carbocycles. The molecule has 0 unspecified atom stereocenters. The Morgan fingerprint density at radius 3 is 1.55 bits per heavy atom. The molecular formula is C30H52O. The van der Waals surface area contributed by atoms with E-state index in [0.717, 1.165) is 48.0 Å². The average molecular weight is 429 g/mol. The summed E-state index contributed by atoms with van der Waals surface area (Å²) in [5, 5.41) is 0. The first kappa shape index (κ1) is 23.8. The number of rotatable bonds is 8. The van der Waals surface area contributed by atoms with Crippen molar-refractivity contribution in [2.45, 2.75) is 129 Å². The van der Waals surface area contributed by atoms with Gasteiger partial charge in [0.25, 0.3) is 0 Å². The Bertz CT molecular complexity index is 495. The molecule has 1 nitrogen and oxygen atoms in total. The Hall–Kier alpha value is -0.300. The van der Waals surface area contributed by atoms with Gasteiger partial charge in [0.1, 0.15) is 0 Å². The first-order valence-corrected chi connectivity index (χ1v) is 14.5. The molecule has 0 aliphatic heterocycles. The number of hydrogen-bond acceptors (Lipinski definition) is 1. The third-order valence-corrected chi connectivity index (χ3v) is 10.2. The molecule has 178 valence electrons. The van der Waals surface area contributed by atoms with Crippen molar-refractivity contribution in [2.24, 2.45) is 41.4 Å². The molecule has 0 N–H and O–H groups in total. The lowest BCUT2D eigenvalue weighted by molar-refractivity contribution is -0.0192. The molecule has 0 saturated heterocycles. The predicted octanol–water partition coefficient (Wildman–Crippen LogP) is 8.97. The van der Waals surface area contributed by atoms with Crippen LogP contribution in [0.3, 0.4) is 0 Å². The summed E-state index contributed by atoms with van der Waals surface area (Å²) in [6.07, 6.45) is 28.9. The highest BCUT2D eigenvalue weighted by molar-refractivity contribution is 4.88. The van der Waals surface area contributed by atoms with Gasteiger partial charge in [-0.15, -0.1) is 6.58 Å². The molecule has 0 aromatic rings. The van der Waals surface area contributed by atoms with Gasteiger partial charge in [-0.3, -0.25) is 0 Å². The second kappa shape index (κ2) is 12.2. The number of ether oxygens (including phenoxy) is 1. The molecule has 1 heteroatoms. The zero-order valence-corrected chi connectivity index (χ0v) is 20.7. The van der Waals surface area contributed by atoms with Crippen LogP contribution in [0.15, 0.2) is 12.7 Å². The van der Waals surface area contributed by atoms with E-state index < -0.39 is 0 Å². The van der Waals surface area contributed by atoms with Gasteiger partial charge >= 0.3 is 0 Å². The zero-order valence-electron chi connectivity index (χ0n) is 20.7. The van der Waals surface area contributed by atoms with Crippen molar-refractivity contribution >= 4 is 0 Å². The maximum atomic E-state index is 6.51. The first-order chi connectivity index (χ1) is 15.2. The van der Waals surface area contributed by atoms with E-state index >= 15 is 0 Å². The summed E-state index contributed by atoms with van der Waals surface area (Å²) in [6, 6.07) is 0. The molecular weight excluding hydrogens is 376 g/mol. The fourth-order valence-corrected chi connectivity index (χ4v) is 8.03. The number of hydrogen-bond donors (Lipinski definition) is 0.